The first-order valence-corrected chi connectivity index (χ1v) is 5.56. The molecular weight excluding hydrogens is 192 g/mol. The van der Waals surface area contributed by atoms with Gasteiger partial charge in [-0.25, -0.2) is 0 Å². The molecule has 15 heavy (non-hydrogen) atoms. The van der Waals surface area contributed by atoms with Gasteiger partial charge in [0, 0.05) is 32.5 Å². The molecule has 0 unspecified atom stereocenters. The second-order valence-corrected chi connectivity index (χ2v) is 4.29. The van der Waals surface area contributed by atoms with E-state index in [1.165, 1.54) is 0 Å². The van der Waals surface area contributed by atoms with Crippen molar-refractivity contribution in [3.8, 4) is 0 Å². The maximum Gasteiger partial charge on any atom is 0.125 e. The lowest BCUT2D eigenvalue weighted by Crippen LogP contribution is -2.47. The first kappa shape index (κ1) is 10.8. The number of nitrogens with zero attached hydrogens (tertiary/aromatic N) is 2. The van der Waals surface area contributed by atoms with Crippen LogP contribution in [0.25, 0.3) is 0 Å². The third-order valence-corrected chi connectivity index (χ3v) is 3.10. The van der Waals surface area contributed by atoms with Crippen LogP contribution in [0.1, 0.15) is 12.8 Å². The Hall–Kier alpha value is -0.740. The molecule has 0 bridgehead atoms. The Bertz CT molecular complexity index is 237. The number of hydrogen-bond acceptors (Lipinski definition) is 4. The summed E-state index contributed by atoms with van der Waals surface area (Å²) >= 11 is 0. The third-order valence-electron chi connectivity index (χ3n) is 3.10. The summed E-state index contributed by atoms with van der Waals surface area (Å²) in [5.41, 5.74) is 0. The van der Waals surface area contributed by atoms with E-state index in [1.807, 2.05) is 0 Å². The molecule has 0 aliphatic carbocycles. The molecule has 86 valence electrons. The Kier molecular flexibility index (Phi) is 3.49. The molecule has 0 radical (unpaired) electrons. The van der Waals surface area contributed by atoms with Crippen molar-refractivity contribution in [2.24, 2.45) is 0 Å². The van der Waals surface area contributed by atoms with Gasteiger partial charge in [-0.1, -0.05) is 0 Å². The Morgan fingerprint density at radius 1 is 1.40 bits per heavy atom. The molecule has 2 aliphatic heterocycles. The Morgan fingerprint density at radius 2 is 2.13 bits per heavy atom. The van der Waals surface area contributed by atoms with Crippen LogP contribution in [0.4, 0.5) is 0 Å². The van der Waals surface area contributed by atoms with E-state index in [4.69, 9.17) is 9.47 Å². The van der Waals surface area contributed by atoms with Crippen LogP contribution >= 0.6 is 0 Å². The van der Waals surface area contributed by atoms with Crippen molar-refractivity contribution in [2.45, 2.75) is 18.9 Å². The van der Waals surface area contributed by atoms with Crippen molar-refractivity contribution >= 4 is 0 Å². The van der Waals surface area contributed by atoms with E-state index in [9.17, 15) is 0 Å². The minimum atomic E-state index is 0.653. The summed E-state index contributed by atoms with van der Waals surface area (Å²) in [5, 5.41) is 0. The van der Waals surface area contributed by atoms with E-state index >= 15 is 0 Å². The molecule has 2 heterocycles. The molecule has 0 amide bonds. The number of hydrogen-bond donors (Lipinski definition) is 0. The highest BCUT2D eigenvalue weighted by atomic mass is 16.5. The molecule has 2 aliphatic rings. The molecular formula is C11H20N2O2. The van der Waals surface area contributed by atoms with Gasteiger partial charge in [0.05, 0.1) is 20.3 Å². The fourth-order valence-corrected chi connectivity index (χ4v) is 2.28. The minimum Gasteiger partial charge on any atom is -0.498 e. The number of ether oxygens (including phenoxy) is 2. The Labute approximate surface area is 91.4 Å². The van der Waals surface area contributed by atoms with Crippen LogP contribution in [-0.4, -0.2) is 56.4 Å². The average Bonchev–Trinajstić information content (AvgIpc) is 2.29. The molecule has 4 nitrogen and oxygen atoms in total. The highest BCUT2D eigenvalue weighted by molar-refractivity contribution is 5.00. The first-order valence-electron chi connectivity index (χ1n) is 5.56. The van der Waals surface area contributed by atoms with Gasteiger partial charge in [-0.3, -0.25) is 4.90 Å². The predicted molar refractivity (Wildman–Crippen MR) is 58.3 cm³/mol. The van der Waals surface area contributed by atoms with Gasteiger partial charge < -0.3 is 14.4 Å². The van der Waals surface area contributed by atoms with E-state index in [2.05, 4.69) is 23.0 Å². The summed E-state index contributed by atoms with van der Waals surface area (Å²) in [4.78, 5) is 4.65. The van der Waals surface area contributed by atoms with Crippen LogP contribution in [0.2, 0.25) is 0 Å². The van der Waals surface area contributed by atoms with Crippen molar-refractivity contribution in [1.29, 1.82) is 0 Å². The second kappa shape index (κ2) is 4.86. The zero-order valence-corrected chi connectivity index (χ0v) is 9.61. The summed E-state index contributed by atoms with van der Waals surface area (Å²) in [7, 11) is 3.83. The zero-order chi connectivity index (χ0) is 10.7. The quantitative estimate of drug-likeness (QED) is 0.678. The highest BCUT2D eigenvalue weighted by Crippen LogP contribution is 2.19. The predicted octanol–water partition coefficient (Wildman–Crippen LogP) is 0.858. The third kappa shape index (κ3) is 2.63. The lowest BCUT2D eigenvalue weighted by atomic mass is 10.1. The second-order valence-electron chi connectivity index (χ2n) is 4.29. The van der Waals surface area contributed by atoms with Gasteiger partial charge in [-0.2, -0.15) is 0 Å². The van der Waals surface area contributed by atoms with E-state index in [-0.39, 0.29) is 0 Å². The largest absolute Gasteiger partial charge is 0.498 e. The van der Waals surface area contributed by atoms with Crippen LogP contribution < -0.4 is 0 Å². The molecule has 1 saturated heterocycles. The Morgan fingerprint density at radius 3 is 2.80 bits per heavy atom. The summed E-state index contributed by atoms with van der Waals surface area (Å²) < 4.78 is 10.7. The lowest BCUT2D eigenvalue weighted by Gasteiger charge is -2.39. The molecule has 0 N–H and O–H groups in total. The van der Waals surface area contributed by atoms with E-state index < -0.39 is 0 Å². The monoisotopic (exact) mass is 212 g/mol. The minimum absolute atomic E-state index is 0.653. The molecule has 0 aromatic rings. The van der Waals surface area contributed by atoms with Crippen LogP contribution in [0.3, 0.4) is 0 Å². The Balaban J connectivity index is 1.95. The number of methoxy groups -OCH3 is 1. The summed E-state index contributed by atoms with van der Waals surface area (Å²) in [6.07, 6.45) is 4.37. The summed E-state index contributed by atoms with van der Waals surface area (Å²) in [6, 6.07) is 0.653. The molecule has 4 heteroatoms. The van der Waals surface area contributed by atoms with Crippen molar-refractivity contribution in [3.05, 3.63) is 12.0 Å². The van der Waals surface area contributed by atoms with Gasteiger partial charge >= 0.3 is 0 Å². The fraction of sp³-hybridized carbons (Fsp3) is 0.818. The van der Waals surface area contributed by atoms with Crippen LogP contribution in [0.15, 0.2) is 12.0 Å². The number of rotatable bonds is 2. The average molecular weight is 212 g/mol. The SMILES string of the molecule is COC1=CN(C)CN(C2CCOCC2)C1. The van der Waals surface area contributed by atoms with Crippen molar-refractivity contribution < 1.29 is 9.47 Å². The van der Waals surface area contributed by atoms with Gasteiger partial charge in [-0.05, 0) is 12.8 Å². The van der Waals surface area contributed by atoms with Crippen LogP contribution in [0.5, 0.6) is 0 Å². The highest BCUT2D eigenvalue weighted by Gasteiger charge is 2.25. The molecule has 2 rings (SSSR count). The van der Waals surface area contributed by atoms with Gasteiger partial charge in [0.2, 0.25) is 0 Å². The van der Waals surface area contributed by atoms with Crippen molar-refractivity contribution in [2.75, 3.05) is 40.6 Å². The van der Waals surface area contributed by atoms with Gasteiger partial charge in [0.1, 0.15) is 5.76 Å². The molecule has 1 fully saturated rings. The van der Waals surface area contributed by atoms with E-state index in [0.29, 0.717) is 6.04 Å². The van der Waals surface area contributed by atoms with Gasteiger partial charge in [0.15, 0.2) is 0 Å². The summed E-state index contributed by atoms with van der Waals surface area (Å²) in [6.45, 7) is 3.73. The smallest absolute Gasteiger partial charge is 0.125 e. The van der Waals surface area contributed by atoms with Crippen LogP contribution in [0, 0.1) is 0 Å². The van der Waals surface area contributed by atoms with E-state index in [0.717, 1.165) is 45.0 Å². The van der Waals surface area contributed by atoms with Crippen LogP contribution in [-0.2, 0) is 9.47 Å². The molecule has 0 saturated carbocycles. The topological polar surface area (TPSA) is 24.9 Å². The molecule has 0 spiro atoms. The maximum absolute atomic E-state index is 5.38. The van der Waals surface area contributed by atoms with Gasteiger partial charge in [0.25, 0.3) is 0 Å². The summed E-state index contributed by atoms with van der Waals surface area (Å²) in [5.74, 6) is 1.05. The van der Waals surface area contributed by atoms with E-state index in [1.54, 1.807) is 7.11 Å². The molecule has 0 atom stereocenters. The fourth-order valence-electron chi connectivity index (χ4n) is 2.28. The zero-order valence-electron chi connectivity index (χ0n) is 9.61. The van der Waals surface area contributed by atoms with Crippen molar-refractivity contribution in [1.82, 2.24) is 9.80 Å². The molecule has 0 aromatic heterocycles. The normalized spacial score (nSPS) is 25.2. The first-order chi connectivity index (χ1) is 7.29. The lowest BCUT2D eigenvalue weighted by molar-refractivity contribution is 0.0115. The molecule has 0 aromatic carbocycles. The standard InChI is InChI=1S/C11H20N2O2/c1-12-7-11(14-2)8-13(9-12)10-3-5-15-6-4-10/h7,10H,3-6,8-9H2,1-2H3. The van der Waals surface area contributed by atoms with Crippen molar-refractivity contribution in [3.63, 3.8) is 0 Å². The van der Waals surface area contributed by atoms with Gasteiger partial charge in [-0.15, -0.1) is 0 Å². The maximum atomic E-state index is 5.38.